The van der Waals surface area contributed by atoms with Crippen molar-refractivity contribution in [1.82, 2.24) is 0 Å². The van der Waals surface area contributed by atoms with E-state index in [1.165, 1.54) is 29.7 Å². The predicted molar refractivity (Wildman–Crippen MR) is 59.3 cm³/mol. The van der Waals surface area contributed by atoms with E-state index in [4.69, 9.17) is 0 Å². The molecule has 0 spiro atoms. The molecule has 1 aromatic carbocycles. The standard InChI is InChI=1S/C12H16S/c1-10-4-6-11(7-5-10)13-12(2)8-3-9-12/h4-7H,3,8-9H2,1-2H3. The Labute approximate surface area is 84.7 Å². The second-order valence-electron chi connectivity index (χ2n) is 4.22. The minimum atomic E-state index is 0.537. The lowest BCUT2D eigenvalue weighted by molar-refractivity contribution is 0.392. The van der Waals surface area contributed by atoms with Crippen LogP contribution in [0.3, 0.4) is 0 Å². The molecule has 1 saturated carbocycles. The highest BCUT2D eigenvalue weighted by atomic mass is 32.2. The van der Waals surface area contributed by atoms with Crippen LogP contribution in [-0.2, 0) is 0 Å². The van der Waals surface area contributed by atoms with Crippen LogP contribution >= 0.6 is 11.8 Å². The van der Waals surface area contributed by atoms with Crippen LogP contribution in [0.25, 0.3) is 0 Å². The fraction of sp³-hybridized carbons (Fsp3) is 0.500. The number of thioether (sulfide) groups is 1. The van der Waals surface area contributed by atoms with E-state index in [0.29, 0.717) is 4.75 Å². The topological polar surface area (TPSA) is 0 Å². The first-order valence-corrected chi connectivity index (χ1v) is 5.75. The van der Waals surface area contributed by atoms with Crippen LogP contribution in [0.4, 0.5) is 0 Å². The lowest BCUT2D eigenvalue weighted by Gasteiger charge is -2.37. The van der Waals surface area contributed by atoms with Crippen molar-refractivity contribution < 1.29 is 0 Å². The molecule has 70 valence electrons. The van der Waals surface area contributed by atoms with Gasteiger partial charge in [0, 0.05) is 9.64 Å². The molecule has 0 saturated heterocycles. The van der Waals surface area contributed by atoms with E-state index in [-0.39, 0.29) is 0 Å². The van der Waals surface area contributed by atoms with Gasteiger partial charge in [-0.2, -0.15) is 0 Å². The zero-order valence-electron chi connectivity index (χ0n) is 8.34. The number of rotatable bonds is 2. The largest absolute Gasteiger partial charge is 0.120 e. The zero-order valence-corrected chi connectivity index (χ0v) is 9.16. The Morgan fingerprint density at radius 3 is 2.23 bits per heavy atom. The van der Waals surface area contributed by atoms with Crippen molar-refractivity contribution >= 4 is 11.8 Å². The molecule has 0 aliphatic heterocycles. The maximum atomic E-state index is 2.38. The summed E-state index contributed by atoms with van der Waals surface area (Å²) < 4.78 is 0.537. The summed E-state index contributed by atoms with van der Waals surface area (Å²) in [6, 6.07) is 8.88. The second kappa shape index (κ2) is 3.38. The minimum absolute atomic E-state index is 0.537. The molecule has 0 heterocycles. The van der Waals surface area contributed by atoms with Crippen LogP contribution in [0, 0.1) is 6.92 Å². The SMILES string of the molecule is Cc1ccc(SC2(C)CCC2)cc1. The van der Waals surface area contributed by atoms with Gasteiger partial charge in [-0.1, -0.05) is 31.0 Å². The van der Waals surface area contributed by atoms with E-state index >= 15 is 0 Å². The summed E-state index contributed by atoms with van der Waals surface area (Å²) in [5.74, 6) is 0. The third-order valence-electron chi connectivity index (χ3n) is 2.80. The number of hydrogen-bond donors (Lipinski definition) is 0. The maximum Gasteiger partial charge on any atom is 0.0179 e. The summed E-state index contributed by atoms with van der Waals surface area (Å²) in [6.45, 7) is 4.51. The van der Waals surface area contributed by atoms with Crippen LogP contribution in [-0.4, -0.2) is 4.75 Å². The molecule has 1 heteroatoms. The summed E-state index contributed by atoms with van der Waals surface area (Å²) >= 11 is 2.04. The second-order valence-corrected chi connectivity index (χ2v) is 5.88. The molecule has 0 radical (unpaired) electrons. The van der Waals surface area contributed by atoms with Crippen LogP contribution < -0.4 is 0 Å². The van der Waals surface area contributed by atoms with E-state index in [1.807, 2.05) is 11.8 Å². The highest BCUT2D eigenvalue weighted by Crippen LogP contribution is 2.46. The summed E-state index contributed by atoms with van der Waals surface area (Å²) in [5.41, 5.74) is 1.35. The van der Waals surface area contributed by atoms with E-state index in [9.17, 15) is 0 Å². The normalized spacial score (nSPS) is 19.5. The van der Waals surface area contributed by atoms with Gasteiger partial charge in [0.05, 0.1) is 0 Å². The van der Waals surface area contributed by atoms with E-state index in [0.717, 1.165) is 0 Å². The highest BCUT2D eigenvalue weighted by Gasteiger charge is 2.32. The molecule has 0 atom stereocenters. The van der Waals surface area contributed by atoms with Crippen LogP contribution in [0.1, 0.15) is 31.7 Å². The van der Waals surface area contributed by atoms with Gasteiger partial charge < -0.3 is 0 Å². The fourth-order valence-electron chi connectivity index (χ4n) is 1.67. The average molecular weight is 192 g/mol. The van der Waals surface area contributed by atoms with Gasteiger partial charge in [0.1, 0.15) is 0 Å². The molecule has 1 aliphatic rings. The molecule has 0 N–H and O–H groups in total. The van der Waals surface area contributed by atoms with Crippen molar-refractivity contribution in [2.45, 2.75) is 42.8 Å². The van der Waals surface area contributed by atoms with Gasteiger partial charge in [-0.15, -0.1) is 11.8 Å². The molecule has 0 nitrogen and oxygen atoms in total. The first-order chi connectivity index (χ1) is 6.18. The molecule has 0 amide bonds. The Morgan fingerprint density at radius 1 is 1.15 bits per heavy atom. The van der Waals surface area contributed by atoms with E-state index in [2.05, 4.69) is 38.1 Å². The van der Waals surface area contributed by atoms with E-state index < -0.39 is 0 Å². The van der Waals surface area contributed by atoms with Crippen LogP contribution in [0.5, 0.6) is 0 Å². The van der Waals surface area contributed by atoms with Gasteiger partial charge in [-0.25, -0.2) is 0 Å². The molecule has 0 bridgehead atoms. The number of benzene rings is 1. The molecule has 2 rings (SSSR count). The first kappa shape index (κ1) is 9.14. The molecule has 0 aromatic heterocycles. The van der Waals surface area contributed by atoms with Gasteiger partial charge in [-0.3, -0.25) is 0 Å². The molecule has 1 aliphatic carbocycles. The van der Waals surface area contributed by atoms with Crippen molar-refractivity contribution in [2.24, 2.45) is 0 Å². The molecule has 1 fully saturated rings. The zero-order chi connectivity index (χ0) is 9.31. The smallest absolute Gasteiger partial charge is 0.0179 e. The predicted octanol–water partition coefficient (Wildman–Crippen LogP) is 4.03. The van der Waals surface area contributed by atoms with Crippen molar-refractivity contribution in [3.63, 3.8) is 0 Å². The van der Waals surface area contributed by atoms with Crippen molar-refractivity contribution in [1.29, 1.82) is 0 Å². The Morgan fingerprint density at radius 2 is 1.77 bits per heavy atom. The summed E-state index contributed by atoms with van der Waals surface area (Å²) in [6.07, 6.45) is 4.17. The summed E-state index contributed by atoms with van der Waals surface area (Å²) in [5, 5.41) is 0. The third-order valence-corrected chi connectivity index (χ3v) is 4.21. The Balaban J connectivity index is 2.05. The lowest BCUT2D eigenvalue weighted by atomic mass is 9.86. The number of aryl methyl sites for hydroxylation is 1. The Hall–Kier alpha value is -0.430. The summed E-state index contributed by atoms with van der Waals surface area (Å²) in [4.78, 5) is 1.42. The van der Waals surface area contributed by atoms with Gasteiger partial charge in [0.15, 0.2) is 0 Å². The fourth-order valence-corrected chi connectivity index (χ4v) is 3.00. The van der Waals surface area contributed by atoms with Crippen molar-refractivity contribution in [3.05, 3.63) is 29.8 Å². The van der Waals surface area contributed by atoms with Gasteiger partial charge in [0.2, 0.25) is 0 Å². The van der Waals surface area contributed by atoms with Crippen molar-refractivity contribution in [2.75, 3.05) is 0 Å². The lowest BCUT2D eigenvalue weighted by Crippen LogP contribution is -2.28. The average Bonchev–Trinajstić information content (AvgIpc) is 2.06. The molecular formula is C12H16S. The van der Waals surface area contributed by atoms with Crippen LogP contribution in [0.2, 0.25) is 0 Å². The molecule has 0 unspecified atom stereocenters. The van der Waals surface area contributed by atoms with Gasteiger partial charge in [-0.05, 0) is 31.9 Å². The Kier molecular flexibility index (Phi) is 2.37. The number of hydrogen-bond acceptors (Lipinski definition) is 1. The summed E-state index contributed by atoms with van der Waals surface area (Å²) in [7, 11) is 0. The van der Waals surface area contributed by atoms with Crippen molar-refractivity contribution in [3.8, 4) is 0 Å². The first-order valence-electron chi connectivity index (χ1n) is 4.94. The van der Waals surface area contributed by atoms with E-state index in [1.54, 1.807) is 0 Å². The molecule has 1 aromatic rings. The Bertz CT molecular complexity index is 282. The molecule has 13 heavy (non-hydrogen) atoms. The van der Waals surface area contributed by atoms with Gasteiger partial charge in [0.25, 0.3) is 0 Å². The quantitative estimate of drug-likeness (QED) is 0.681. The van der Waals surface area contributed by atoms with Crippen LogP contribution in [0.15, 0.2) is 29.2 Å². The van der Waals surface area contributed by atoms with Gasteiger partial charge >= 0.3 is 0 Å². The third kappa shape index (κ3) is 2.08. The maximum absolute atomic E-state index is 2.38. The monoisotopic (exact) mass is 192 g/mol. The highest BCUT2D eigenvalue weighted by molar-refractivity contribution is 8.00. The minimum Gasteiger partial charge on any atom is -0.120 e. The molecular weight excluding hydrogens is 176 g/mol.